The van der Waals surface area contributed by atoms with Gasteiger partial charge in [0, 0.05) is 23.1 Å². The highest BCUT2D eigenvalue weighted by molar-refractivity contribution is 6.30. The van der Waals surface area contributed by atoms with Crippen LogP contribution in [0.2, 0.25) is 5.02 Å². The third-order valence-corrected chi connectivity index (χ3v) is 6.16. The molecule has 0 bridgehead atoms. The summed E-state index contributed by atoms with van der Waals surface area (Å²) in [5.74, 6) is 0.166. The Hall–Kier alpha value is -3.72. The number of carbonyl (C=O) groups is 1. The number of benzene rings is 3. The molecule has 198 valence electrons. The lowest BCUT2D eigenvalue weighted by atomic mass is 9.91. The zero-order chi connectivity index (χ0) is 26.7. The molecule has 8 nitrogen and oxygen atoms in total. The molecule has 0 fully saturated rings. The van der Waals surface area contributed by atoms with E-state index in [9.17, 15) is 4.79 Å². The number of aliphatic imine (C=N–C) groups is 1. The van der Waals surface area contributed by atoms with Crippen LogP contribution in [0.5, 0.6) is 5.75 Å². The molecule has 3 aromatic carbocycles. The van der Waals surface area contributed by atoms with E-state index in [1.54, 1.807) is 29.3 Å². The summed E-state index contributed by atoms with van der Waals surface area (Å²) in [5, 5.41) is 6.95. The maximum absolute atomic E-state index is 12.8. The van der Waals surface area contributed by atoms with Gasteiger partial charge in [-0.1, -0.05) is 54.1 Å². The van der Waals surface area contributed by atoms with E-state index in [1.807, 2.05) is 49.4 Å². The van der Waals surface area contributed by atoms with Crippen LogP contribution >= 0.6 is 11.6 Å². The topological polar surface area (TPSA) is 98.7 Å². The number of amides is 1. The molecular formula is C29H31ClN4O4. The molecule has 3 aromatic rings. The number of nitrogens with zero attached hydrogens (tertiary/aromatic N) is 3. The largest absolute Gasteiger partial charge is 0.491 e. The predicted molar refractivity (Wildman–Crippen MR) is 149 cm³/mol. The SMILES string of the molecule is CCOCCOCCOc1ccc(C(=O)N=C(N)N2CC(c3ccccc3)C(c3ccc(Cl)cc3)=N2)cc1. The molecule has 1 amide bonds. The summed E-state index contributed by atoms with van der Waals surface area (Å²) in [6.45, 7) is 5.02. The number of halogens is 1. The van der Waals surface area contributed by atoms with E-state index in [4.69, 9.17) is 36.6 Å². The molecular weight excluding hydrogens is 504 g/mol. The Morgan fingerprint density at radius 2 is 1.66 bits per heavy atom. The smallest absolute Gasteiger partial charge is 0.280 e. The van der Waals surface area contributed by atoms with Gasteiger partial charge < -0.3 is 19.9 Å². The van der Waals surface area contributed by atoms with Gasteiger partial charge in [-0.2, -0.15) is 10.1 Å². The quantitative estimate of drug-likeness (QED) is 0.217. The monoisotopic (exact) mass is 534 g/mol. The lowest BCUT2D eigenvalue weighted by molar-refractivity contribution is 0.0405. The van der Waals surface area contributed by atoms with Gasteiger partial charge in [-0.25, -0.2) is 5.01 Å². The zero-order valence-electron chi connectivity index (χ0n) is 21.3. The normalized spacial score (nSPS) is 15.4. The number of guanidine groups is 1. The van der Waals surface area contributed by atoms with Gasteiger partial charge in [-0.05, 0) is 54.4 Å². The van der Waals surface area contributed by atoms with Crippen LogP contribution in [0.3, 0.4) is 0 Å². The minimum atomic E-state index is -0.459. The first-order valence-electron chi connectivity index (χ1n) is 12.5. The van der Waals surface area contributed by atoms with Crippen LogP contribution in [0.4, 0.5) is 0 Å². The van der Waals surface area contributed by atoms with Crippen molar-refractivity contribution in [3.05, 3.63) is 101 Å². The molecule has 0 radical (unpaired) electrons. The Labute approximate surface area is 227 Å². The fourth-order valence-corrected chi connectivity index (χ4v) is 4.10. The number of carbonyl (C=O) groups excluding carboxylic acids is 1. The van der Waals surface area contributed by atoms with Gasteiger partial charge >= 0.3 is 0 Å². The Morgan fingerprint density at radius 3 is 2.37 bits per heavy atom. The summed E-state index contributed by atoms with van der Waals surface area (Å²) in [4.78, 5) is 16.9. The van der Waals surface area contributed by atoms with Crippen molar-refractivity contribution in [3.8, 4) is 5.75 Å². The molecule has 0 aliphatic carbocycles. The summed E-state index contributed by atoms with van der Waals surface area (Å²) < 4.78 is 16.3. The van der Waals surface area contributed by atoms with Crippen molar-refractivity contribution >= 4 is 29.2 Å². The number of ether oxygens (including phenoxy) is 3. The highest BCUT2D eigenvalue weighted by Gasteiger charge is 2.31. The van der Waals surface area contributed by atoms with E-state index in [0.29, 0.717) is 55.9 Å². The van der Waals surface area contributed by atoms with Crippen LogP contribution in [0.25, 0.3) is 0 Å². The second kappa shape index (κ2) is 13.7. The van der Waals surface area contributed by atoms with Crippen molar-refractivity contribution in [2.75, 3.05) is 39.6 Å². The van der Waals surface area contributed by atoms with E-state index in [2.05, 4.69) is 17.1 Å². The van der Waals surface area contributed by atoms with Gasteiger partial charge in [0.15, 0.2) is 0 Å². The van der Waals surface area contributed by atoms with Crippen molar-refractivity contribution in [3.63, 3.8) is 0 Å². The molecule has 0 saturated carbocycles. The number of hydrogen-bond donors (Lipinski definition) is 1. The molecule has 9 heteroatoms. The number of nitrogens with two attached hydrogens (primary N) is 1. The molecule has 1 aliphatic heterocycles. The number of hydrazone groups is 1. The summed E-state index contributed by atoms with van der Waals surface area (Å²) in [6.07, 6.45) is 0. The molecule has 38 heavy (non-hydrogen) atoms. The highest BCUT2D eigenvalue weighted by Crippen LogP contribution is 2.29. The molecule has 2 N–H and O–H groups in total. The van der Waals surface area contributed by atoms with Crippen molar-refractivity contribution in [2.24, 2.45) is 15.8 Å². The number of rotatable bonds is 11. The van der Waals surface area contributed by atoms with Crippen LogP contribution in [-0.4, -0.2) is 62.2 Å². The molecule has 0 saturated heterocycles. The second-order valence-electron chi connectivity index (χ2n) is 8.49. The van der Waals surface area contributed by atoms with Gasteiger partial charge in [-0.3, -0.25) is 4.79 Å². The third-order valence-electron chi connectivity index (χ3n) is 5.91. The Kier molecular flexibility index (Phi) is 9.86. The molecule has 0 spiro atoms. The van der Waals surface area contributed by atoms with E-state index in [1.165, 1.54) is 0 Å². The summed E-state index contributed by atoms with van der Waals surface area (Å²) in [5.41, 5.74) is 9.51. The van der Waals surface area contributed by atoms with E-state index in [0.717, 1.165) is 16.8 Å². The molecule has 0 aromatic heterocycles. The Morgan fingerprint density at radius 1 is 0.974 bits per heavy atom. The second-order valence-corrected chi connectivity index (χ2v) is 8.93. The van der Waals surface area contributed by atoms with Crippen molar-refractivity contribution in [1.82, 2.24) is 5.01 Å². The van der Waals surface area contributed by atoms with E-state index >= 15 is 0 Å². The first-order valence-corrected chi connectivity index (χ1v) is 12.9. The first kappa shape index (κ1) is 27.3. The van der Waals surface area contributed by atoms with Gasteiger partial charge in [0.1, 0.15) is 12.4 Å². The lowest BCUT2D eigenvalue weighted by Crippen LogP contribution is -2.33. The maximum Gasteiger partial charge on any atom is 0.280 e. The summed E-state index contributed by atoms with van der Waals surface area (Å²) in [7, 11) is 0. The van der Waals surface area contributed by atoms with E-state index < -0.39 is 5.91 Å². The van der Waals surface area contributed by atoms with Crippen LogP contribution in [-0.2, 0) is 9.47 Å². The van der Waals surface area contributed by atoms with Crippen molar-refractivity contribution < 1.29 is 19.0 Å². The molecule has 1 aliphatic rings. The van der Waals surface area contributed by atoms with Crippen molar-refractivity contribution in [2.45, 2.75) is 12.8 Å². The molecule has 4 rings (SSSR count). The summed E-state index contributed by atoms with van der Waals surface area (Å²) in [6, 6.07) is 24.3. The fraction of sp³-hybridized carbons (Fsp3) is 0.276. The Bertz CT molecular complexity index is 1250. The fourth-order valence-electron chi connectivity index (χ4n) is 3.98. The van der Waals surface area contributed by atoms with E-state index in [-0.39, 0.29) is 11.9 Å². The zero-order valence-corrected chi connectivity index (χ0v) is 22.0. The lowest BCUT2D eigenvalue weighted by Gasteiger charge is -2.15. The standard InChI is InChI=1S/C29H31ClN4O4/c1-2-36-16-17-37-18-19-38-25-14-10-23(11-15-25)28(35)32-29(31)34-20-26(21-6-4-3-5-7-21)27(33-34)22-8-12-24(30)13-9-22/h3-15,26H,2,16-20H2,1H3,(H2,31,32,35). The van der Waals surface area contributed by atoms with Gasteiger partial charge in [-0.15, -0.1) is 0 Å². The van der Waals surface area contributed by atoms with Crippen LogP contribution in [0.1, 0.15) is 34.3 Å². The van der Waals surface area contributed by atoms with Gasteiger partial charge in [0.25, 0.3) is 5.91 Å². The van der Waals surface area contributed by atoms with Crippen LogP contribution in [0, 0.1) is 0 Å². The minimum absolute atomic E-state index is 0.0319. The molecule has 1 atom stereocenters. The highest BCUT2D eigenvalue weighted by atomic mass is 35.5. The van der Waals surface area contributed by atoms with Gasteiger partial charge in [0.2, 0.25) is 5.96 Å². The van der Waals surface area contributed by atoms with Crippen LogP contribution < -0.4 is 10.5 Å². The maximum atomic E-state index is 12.8. The summed E-state index contributed by atoms with van der Waals surface area (Å²) >= 11 is 6.08. The Balaban J connectivity index is 1.40. The average Bonchev–Trinajstić information content (AvgIpc) is 3.39. The molecule has 1 heterocycles. The van der Waals surface area contributed by atoms with Crippen molar-refractivity contribution in [1.29, 1.82) is 0 Å². The minimum Gasteiger partial charge on any atom is -0.491 e. The molecule has 1 unspecified atom stereocenters. The third kappa shape index (κ3) is 7.41. The average molecular weight is 535 g/mol. The predicted octanol–water partition coefficient (Wildman–Crippen LogP) is 4.73. The van der Waals surface area contributed by atoms with Crippen LogP contribution in [0.15, 0.2) is 89.0 Å². The number of hydrogen-bond acceptors (Lipinski definition) is 5. The van der Waals surface area contributed by atoms with Gasteiger partial charge in [0.05, 0.1) is 32.1 Å². The first-order chi connectivity index (χ1) is 18.5.